The van der Waals surface area contributed by atoms with E-state index in [-0.39, 0.29) is 37.5 Å². The van der Waals surface area contributed by atoms with Crippen molar-refractivity contribution < 1.29 is 33.8 Å². The Balaban J connectivity index is 0.00000330. The quantitative estimate of drug-likeness (QED) is 0.308. The maximum Gasteiger partial charge on any atom is 0.305 e. The van der Waals surface area contributed by atoms with Gasteiger partial charge in [0.15, 0.2) is 0 Å². The number of amides is 3. The summed E-state index contributed by atoms with van der Waals surface area (Å²) in [6.07, 6.45) is 0.300. The Morgan fingerprint density at radius 1 is 1.02 bits per heavy atom. The van der Waals surface area contributed by atoms with Crippen molar-refractivity contribution in [3.8, 4) is 5.75 Å². The highest BCUT2D eigenvalue weighted by Gasteiger charge is 2.25. The Morgan fingerprint density at radius 3 is 2.34 bits per heavy atom. The zero-order chi connectivity index (χ0) is 32.6. The van der Waals surface area contributed by atoms with Crippen LogP contribution in [0, 0.1) is 5.92 Å². The predicted octanol–water partition coefficient (Wildman–Crippen LogP) is 4.64. The molecule has 1 aliphatic rings. The average Bonchev–Trinajstić information content (AvgIpc) is 3.02. The van der Waals surface area contributed by atoms with Crippen LogP contribution in [0.5, 0.6) is 5.75 Å². The molecule has 1 saturated heterocycles. The predicted molar refractivity (Wildman–Crippen MR) is 172 cm³/mol. The topological polar surface area (TPSA) is 129 Å². The lowest BCUT2D eigenvalue weighted by Crippen LogP contribution is -2.46. The van der Waals surface area contributed by atoms with Gasteiger partial charge in [0.2, 0.25) is 11.8 Å². The molecule has 1 heterocycles. The number of carbonyl (C=O) groups excluding carboxylic acids is 3. The molecule has 0 atom stereocenters. The molecule has 242 valence electrons. The van der Waals surface area contributed by atoms with E-state index in [0.717, 1.165) is 18.8 Å². The first-order valence-electron chi connectivity index (χ1n) is 14.9. The maximum atomic E-state index is 13.5. The lowest BCUT2D eigenvalue weighted by atomic mass is 10.1. The summed E-state index contributed by atoms with van der Waals surface area (Å²) < 4.78 is 10.6. The summed E-state index contributed by atoms with van der Waals surface area (Å²) in [6.45, 7) is 10.2. The second kappa shape index (κ2) is 18.7. The zero-order valence-corrected chi connectivity index (χ0v) is 27.1. The fourth-order valence-electron chi connectivity index (χ4n) is 4.41. The van der Waals surface area contributed by atoms with Crippen molar-refractivity contribution in [2.75, 3.05) is 69.8 Å². The highest BCUT2D eigenvalue weighted by Crippen LogP contribution is 2.29. The normalized spacial score (nSPS) is 12.6. The molecule has 12 heteroatoms. The summed E-state index contributed by atoms with van der Waals surface area (Å²) in [6, 6.07) is 11.7. The minimum Gasteiger partial charge on any atom is -0.497 e. The van der Waals surface area contributed by atoms with Gasteiger partial charge < -0.3 is 34.6 Å². The van der Waals surface area contributed by atoms with E-state index < -0.39 is 23.7 Å². The third-order valence-corrected chi connectivity index (χ3v) is 7.08. The van der Waals surface area contributed by atoms with Crippen LogP contribution in [0.1, 0.15) is 50.9 Å². The number of aliphatic carboxylic acids is 1. The first kappa shape index (κ1) is 36.4. The molecule has 0 aliphatic carbocycles. The Bertz CT molecular complexity index is 1250. The summed E-state index contributed by atoms with van der Waals surface area (Å²) in [5.41, 5.74) is 1.61. The van der Waals surface area contributed by atoms with Gasteiger partial charge in [-0.1, -0.05) is 45.4 Å². The number of methoxy groups -OCH3 is 1. The second-order valence-electron chi connectivity index (χ2n) is 10.4. The third-order valence-electron chi connectivity index (χ3n) is 6.77. The van der Waals surface area contributed by atoms with E-state index in [9.17, 15) is 24.3 Å². The van der Waals surface area contributed by atoms with Crippen molar-refractivity contribution in [1.29, 1.82) is 0 Å². The molecule has 3 amide bonds. The molecule has 0 radical (unpaired) electrons. The largest absolute Gasteiger partial charge is 0.497 e. The van der Waals surface area contributed by atoms with E-state index in [1.165, 1.54) is 23.0 Å². The molecule has 2 aromatic rings. The molecule has 1 aliphatic heterocycles. The van der Waals surface area contributed by atoms with Gasteiger partial charge in [-0.25, -0.2) is 0 Å². The molecule has 0 saturated carbocycles. The van der Waals surface area contributed by atoms with Crippen LogP contribution in [0.2, 0.25) is 5.02 Å². The average molecular weight is 633 g/mol. The number of carboxylic acids is 1. The van der Waals surface area contributed by atoms with Gasteiger partial charge in [-0.05, 0) is 48.7 Å². The summed E-state index contributed by atoms with van der Waals surface area (Å²) in [7, 11) is 1.47. The van der Waals surface area contributed by atoms with Gasteiger partial charge in [0.25, 0.3) is 5.91 Å². The van der Waals surface area contributed by atoms with Crippen LogP contribution in [0.15, 0.2) is 42.5 Å². The number of benzene rings is 2. The van der Waals surface area contributed by atoms with Crippen LogP contribution in [0.4, 0.5) is 11.4 Å². The van der Waals surface area contributed by atoms with Crippen molar-refractivity contribution in [2.45, 2.75) is 40.5 Å². The molecular weight excluding hydrogens is 588 g/mol. The minimum absolute atomic E-state index is 0.171. The molecule has 2 N–H and O–H groups in total. The molecule has 44 heavy (non-hydrogen) atoms. The standard InChI is InChI=1S/C30H39ClN4O7.C2H6/c1-21(2)9-11-34(19-27(36)32-23-7-8-26(25(31)18-23)33-13-15-42-16-14-33)28(37)20-35(12-10-29(38)39)30(40)22-5-4-6-24(17-22)41-3;1-2/h4-8,17-18,21H,9-16,19-20H2,1-3H3,(H,32,36)(H,38,39);1-2H3. The Morgan fingerprint density at radius 2 is 1.73 bits per heavy atom. The number of morpholine rings is 1. The summed E-state index contributed by atoms with van der Waals surface area (Å²) in [5.74, 6) is -1.77. The van der Waals surface area contributed by atoms with Gasteiger partial charge in [0.1, 0.15) is 12.3 Å². The van der Waals surface area contributed by atoms with E-state index in [0.29, 0.717) is 42.6 Å². The number of ether oxygens (including phenoxy) is 2. The number of carboxylic acid groups (broad SMARTS) is 1. The number of hydrogen-bond acceptors (Lipinski definition) is 7. The van der Waals surface area contributed by atoms with Crippen LogP contribution >= 0.6 is 11.6 Å². The monoisotopic (exact) mass is 632 g/mol. The molecule has 0 spiro atoms. The van der Waals surface area contributed by atoms with Crippen molar-refractivity contribution in [1.82, 2.24) is 9.80 Å². The van der Waals surface area contributed by atoms with Crippen LogP contribution in [-0.4, -0.2) is 98.2 Å². The number of nitrogens with zero attached hydrogens (tertiary/aromatic N) is 3. The van der Waals surface area contributed by atoms with Crippen LogP contribution < -0.4 is 15.0 Å². The Labute approximate surface area is 265 Å². The van der Waals surface area contributed by atoms with Crippen molar-refractivity contribution in [3.05, 3.63) is 53.1 Å². The smallest absolute Gasteiger partial charge is 0.305 e. The van der Waals surface area contributed by atoms with Gasteiger partial charge in [0.05, 0.1) is 44.0 Å². The maximum absolute atomic E-state index is 13.5. The number of nitrogens with one attached hydrogen (secondary N) is 1. The Hall–Kier alpha value is -3.83. The van der Waals surface area contributed by atoms with E-state index in [2.05, 4.69) is 10.2 Å². The third kappa shape index (κ3) is 11.7. The molecule has 11 nitrogen and oxygen atoms in total. The highest BCUT2D eigenvalue weighted by molar-refractivity contribution is 6.33. The van der Waals surface area contributed by atoms with Crippen LogP contribution in [0.3, 0.4) is 0 Å². The number of hydrogen-bond donors (Lipinski definition) is 2. The first-order valence-corrected chi connectivity index (χ1v) is 15.3. The van der Waals surface area contributed by atoms with Gasteiger partial charge in [0, 0.05) is 37.4 Å². The van der Waals surface area contributed by atoms with E-state index in [1.807, 2.05) is 33.8 Å². The van der Waals surface area contributed by atoms with E-state index in [1.54, 1.807) is 30.3 Å². The Kier molecular flexibility index (Phi) is 15.5. The molecule has 1 fully saturated rings. The number of anilines is 2. The lowest BCUT2D eigenvalue weighted by Gasteiger charge is -2.30. The summed E-state index contributed by atoms with van der Waals surface area (Å²) in [5, 5.41) is 12.5. The first-order chi connectivity index (χ1) is 21.1. The van der Waals surface area contributed by atoms with Gasteiger partial charge in [-0.15, -0.1) is 0 Å². The number of rotatable bonds is 14. The molecule has 2 aromatic carbocycles. The lowest BCUT2D eigenvalue weighted by molar-refractivity contribution is -0.138. The molecule has 0 bridgehead atoms. The number of carbonyl (C=O) groups is 4. The van der Waals surface area contributed by atoms with Gasteiger partial charge in [-0.3, -0.25) is 19.2 Å². The number of halogens is 1. The SMILES string of the molecule is CC.COc1cccc(C(=O)N(CCC(=O)O)CC(=O)N(CCC(C)C)CC(=O)Nc2ccc(N3CCOCC3)c(Cl)c2)c1. The van der Waals surface area contributed by atoms with Gasteiger partial charge in [-0.2, -0.15) is 0 Å². The van der Waals surface area contributed by atoms with Crippen molar-refractivity contribution >= 4 is 46.7 Å². The molecular formula is C32H45ClN4O7. The molecule has 3 rings (SSSR count). The molecule has 0 aromatic heterocycles. The van der Waals surface area contributed by atoms with Crippen molar-refractivity contribution in [3.63, 3.8) is 0 Å². The van der Waals surface area contributed by atoms with Crippen LogP contribution in [-0.2, 0) is 19.1 Å². The zero-order valence-electron chi connectivity index (χ0n) is 26.3. The fourth-order valence-corrected chi connectivity index (χ4v) is 4.71. The fraction of sp³-hybridized carbons (Fsp3) is 0.500. The van der Waals surface area contributed by atoms with Crippen molar-refractivity contribution in [2.24, 2.45) is 5.92 Å². The van der Waals surface area contributed by atoms with E-state index >= 15 is 0 Å². The summed E-state index contributed by atoms with van der Waals surface area (Å²) in [4.78, 5) is 55.8. The van der Waals surface area contributed by atoms with E-state index in [4.69, 9.17) is 21.1 Å². The minimum atomic E-state index is -1.10. The molecule has 0 unspecified atom stereocenters. The summed E-state index contributed by atoms with van der Waals surface area (Å²) >= 11 is 6.51. The van der Waals surface area contributed by atoms with Gasteiger partial charge >= 0.3 is 5.97 Å². The van der Waals surface area contributed by atoms with Crippen LogP contribution in [0.25, 0.3) is 0 Å². The highest BCUT2D eigenvalue weighted by atomic mass is 35.5. The second-order valence-corrected chi connectivity index (χ2v) is 10.8.